The number of halogens is 2. The van der Waals surface area contributed by atoms with Crippen LogP contribution in [-0.4, -0.2) is 59.0 Å². The number of methoxy groups -OCH3 is 1. The van der Waals surface area contributed by atoms with E-state index in [0.717, 1.165) is 4.31 Å². The maximum atomic E-state index is 12.7. The van der Waals surface area contributed by atoms with Crippen LogP contribution in [0.1, 0.15) is 0 Å². The van der Waals surface area contributed by atoms with Gasteiger partial charge in [-0.3, -0.25) is 0 Å². The van der Waals surface area contributed by atoms with Gasteiger partial charge in [-0.25, -0.2) is 8.78 Å². The third-order valence-electron chi connectivity index (χ3n) is 1.83. The van der Waals surface area contributed by atoms with E-state index in [-0.39, 0.29) is 13.2 Å². The average Bonchev–Trinajstić information content (AvgIpc) is 2.23. The van der Waals surface area contributed by atoms with E-state index in [2.05, 4.69) is 4.74 Å². The molecule has 0 radical (unpaired) electrons. The number of rotatable bonds is 8. The lowest BCUT2D eigenvalue weighted by Crippen LogP contribution is -2.46. The summed E-state index contributed by atoms with van der Waals surface area (Å²) in [4.78, 5) is 0. The van der Waals surface area contributed by atoms with E-state index in [1.807, 2.05) is 0 Å². The van der Waals surface area contributed by atoms with Gasteiger partial charge in [0.15, 0.2) is 0 Å². The highest BCUT2D eigenvalue weighted by Crippen LogP contribution is 2.09. The van der Waals surface area contributed by atoms with Crippen LogP contribution in [0.4, 0.5) is 8.78 Å². The Bertz CT molecular complexity index is 297. The minimum absolute atomic E-state index is 0.0834. The molecule has 0 saturated carbocycles. The molecule has 0 aliphatic carbocycles. The maximum Gasteiger partial charge on any atom is 0.279 e. The summed E-state index contributed by atoms with van der Waals surface area (Å²) >= 11 is 0. The lowest BCUT2D eigenvalue weighted by Gasteiger charge is -2.20. The Morgan fingerprint density at radius 2 is 2.06 bits per heavy atom. The molecule has 0 spiro atoms. The van der Waals surface area contributed by atoms with Gasteiger partial charge in [0.05, 0.1) is 19.7 Å². The van der Waals surface area contributed by atoms with E-state index in [9.17, 15) is 17.2 Å². The minimum atomic E-state index is -3.91. The van der Waals surface area contributed by atoms with Crippen LogP contribution in [0, 0.1) is 0 Å². The zero-order valence-electron chi connectivity index (χ0n) is 9.24. The van der Waals surface area contributed by atoms with Gasteiger partial charge in [-0.15, -0.1) is 0 Å². The molecule has 0 aliphatic rings. The first-order valence-corrected chi connectivity index (χ1v) is 5.97. The van der Waals surface area contributed by atoms with Crippen molar-refractivity contribution in [2.24, 2.45) is 5.73 Å². The van der Waals surface area contributed by atoms with Gasteiger partial charge in [0, 0.05) is 20.7 Å². The molecule has 6 nitrogen and oxygen atoms in total. The molecule has 0 saturated heterocycles. The molecule has 0 unspecified atom stereocenters. The van der Waals surface area contributed by atoms with Crippen molar-refractivity contribution in [3.63, 3.8) is 0 Å². The molecular weight excluding hydrogens is 244 g/mol. The SMILES string of the molecule is COCCN(C)S(=O)(=O)NCC(F)(F)CN. The minimum Gasteiger partial charge on any atom is -0.383 e. The summed E-state index contributed by atoms with van der Waals surface area (Å²) in [5.74, 6) is -3.24. The molecule has 16 heavy (non-hydrogen) atoms. The van der Waals surface area contributed by atoms with E-state index >= 15 is 0 Å². The zero-order chi connectivity index (χ0) is 12.8. The van der Waals surface area contributed by atoms with Crippen molar-refractivity contribution in [2.75, 3.05) is 40.4 Å². The molecule has 3 N–H and O–H groups in total. The number of nitrogens with zero attached hydrogens (tertiary/aromatic N) is 1. The second-order valence-electron chi connectivity index (χ2n) is 3.20. The first-order valence-electron chi connectivity index (χ1n) is 4.53. The van der Waals surface area contributed by atoms with Crippen LogP contribution in [0.15, 0.2) is 0 Å². The van der Waals surface area contributed by atoms with Crippen LogP contribution < -0.4 is 10.5 Å². The van der Waals surface area contributed by atoms with Crippen LogP contribution in [0.5, 0.6) is 0 Å². The van der Waals surface area contributed by atoms with Gasteiger partial charge in [0.25, 0.3) is 16.1 Å². The molecule has 0 aromatic heterocycles. The van der Waals surface area contributed by atoms with Crippen molar-refractivity contribution < 1.29 is 21.9 Å². The Morgan fingerprint density at radius 1 is 1.50 bits per heavy atom. The summed E-state index contributed by atoms with van der Waals surface area (Å²) in [5.41, 5.74) is 4.77. The molecule has 0 fully saturated rings. The molecule has 0 amide bonds. The monoisotopic (exact) mass is 261 g/mol. The van der Waals surface area contributed by atoms with E-state index in [1.165, 1.54) is 14.2 Å². The Morgan fingerprint density at radius 3 is 2.50 bits per heavy atom. The fraction of sp³-hybridized carbons (Fsp3) is 1.00. The summed E-state index contributed by atoms with van der Waals surface area (Å²) < 4.78 is 55.5. The number of hydrogen-bond acceptors (Lipinski definition) is 4. The topological polar surface area (TPSA) is 84.7 Å². The van der Waals surface area contributed by atoms with Crippen LogP contribution in [0.3, 0.4) is 0 Å². The molecule has 0 aliphatic heterocycles. The van der Waals surface area contributed by atoms with Crippen molar-refractivity contribution in [2.45, 2.75) is 5.92 Å². The first kappa shape index (κ1) is 15.7. The highest BCUT2D eigenvalue weighted by atomic mass is 32.2. The first-order chi connectivity index (χ1) is 7.25. The van der Waals surface area contributed by atoms with Crippen molar-refractivity contribution in [3.05, 3.63) is 0 Å². The predicted octanol–water partition coefficient (Wildman–Crippen LogP) is -1.01. The number of ether oxygens (including phenoxy) is 1. The van der Waals surface area contributed by atoms with Gasteiger partial charge in [0.1, 0.15) is 0 Å². The van der Waals surface area contributed by atoms with Crippen molar-refractivity contribution in [1.82, 2.24) is 9.03 Å². The smallest absolute Gasteiger partial charge is 0.279 e. The number of alkyl halides is 2. The van der Waals surface area contributed by atoms with Crippen LogP contribution in [0.2, 0.25) is 0 Å². The highest BCUT2D eigenvalue weighted by Gasteiger charge is 2.29. The van der Waals surface area contributed by atoms with E-state index in [4.69, 9.17) is 5.73 Å². The van der Waals surface area contributed by atoms with Crippen LogP contribution in [0.25, 0.3) is 0 Å². The van der Waals surface area contributed by atoms with Gasteiger partial charge in [-0.1, -0.05) is 0 Å². The molecule has 0 atom stereocenters. The quantitative estimate of drug-likeness (QED) is 0.586. The molecular formula is C7H17F2N3O3S. The van der Waals surface area contributed by atoms with Gasteiger partial charge < -0.3 is 10.5 Å². The maximum absolute atomic E-state index is 12.7. The van der Waals surface area contributed by atoms with Crippen LogP contribution in [-0.2, 0) is 14.9 Å². The van der Waals surface area contributed by atoms with E-state index in [0.29, 0.717) is 0 Å². The lowest BCUT2D eigenvalue weighted by molar-refractivity contribution is 0.0167. The summed E-state index contributed by atoms with van der Waals surface area (Å²) in [6, 6.07) is 0. The molecule has 0 aromatic carbocycles. The zero-order valence-corrected chi connectivity index (χ0v) is 10.1. The molecule has 98 valence electrons. The Balaban J connectivity index is 4.24. The predicted molar refractivity (Wildman–Crippen MR) is 55.4 cm³/mol. The lowest BCUT2D eigenvalue weighted by atomic mass is 10.3. The fourth-order valence-electron chi connectivity index (χ4n) is 0.719. The third-order valence-corrected chi connectivity index (χ3v) is 3.34. The van der Waals surface area contributed by atoms with E-state index in [1.54, 1.807) is 4.72 Å². The summed E-state index contributed by atoms with van der Waals surface area (Å²) in [6.45, 7) is -1.65. The average molecular weight is 261 g/mol. The van der Waals surface area contributed by atoms with Gasteiger partial charge in [0.2, 0.25) is 0 Å². The highest BCUT2D eigenvalue weighted by molar-refractivity contribution is 7.87. The number of likely N-dealkylation sites (N-methyl/N-ethyl adjacent to an activating group) is 1. The Hall–Kier alpha value is -0.350. The number of nitrogens with one attached hydrogen (secondary N) is 1. The molecule has 0 aromatic rings. The molecule has 0 rings (SSSR count). The van der Waals surface area contributed by atoms with E-state index < -0.39 is 29.2 Å². The largest absolute Gasteiger partial charge is 0.383 e. The van der Waals surface area contributed by atoms with Gasteiger partial charge >= 0.3 is 0 Å². The number of hydrogen-bond donors (Lipinski definition) is 2. The van der Waals surface area contributed by atoms with Crippen molar-refractivity contribution in [1.29, 1.82) is 0 Å². The van der Waals surface area contributed by atoms with Crippen LogP contribution >= 0.6 is 0 Å². The third kappa shape index (κ3) is 5.66. The van der Waals surface area contributed by atoms with Crippen molar-refractivity contribution >= 4 is 10.2 Å². The second-order valence-corrected chi connectivity index (χ2v) is 5.06. The summed E-state index contributed by atoms with van der Waals surface area (Å²) in [7, 11) is -1.23. The molecule has 9 heteroatoms. The van der Waals surface area contributed by atoms with Gasteiger partial charge in [-0.05, 0) is 0 Å². The standard InChI is InChI=1S/C7H17F2N3O3S/c1-12(3-4-15-2)16(13,14)11-6-7(8,9)5-10/h11H,3-6,10H2,1-2H3. The van der Waals surface area contributed by atoms with Gasteiger partial charge in [-0.2, -0.15) is 17.4 Å². The second kappa shape index (κ2) is 6.40. The molecule has 0 heterocycles. The molecule has 0 bridgehead atoms. The Labute approximate surface area is 93.9 Å². The summed E-state index contributed by atoms with van der Waals surface area (Å²) in [6.07, 6.45) is 0. The fourth-order valence-corrected chi connectivity index (χ4v) is 1.65. The number of nitrogens with two attached hydrogens (primary N) is 1. The van der Waals surface area contributed by atoms with Crippen molar-refractivity contribution in [3.8, 4) is 0 Å². The summed E-state index contributed by atoms with van der Waals surface area (Å²) in [5, 5.41) is 0. The normalized spacial score (nSPS) is 13.4. The Kier molecular flexibility index (Phi) is 6.26.